The second kappa shape index (κ2) is 8.49. The van der Waals surface area contributed by atoms with E-state index in [1.807, 2.05) is 18.2 Å². The van der Waals surface area contributed by atoms with Crippen molar-refractivity contribution in [3.63, 3.8) is 0 Å². The molecule has 0 aliphatic heterocycles. The number of carbonyl (C=O) groups is 1. The maximum absolute atomic E-state index is 12.1. The quantitative estimate of drug-likeness (QED) is 0.353. The van der Waals surface area contributed by atoms with Crippen LogP contribution in [0.15, 0.2) is 24.4 Å². The Morgan fingerprint density at radius 2 is 2.20 bits per heavy atom. The number of rotatable bonds is 6. The van der Waals surface area contributed by atoms with Gasteiger partial charge in [0, 0.05) is 35.9 Å². The number of nitrogens with two attached hydrogens (primary N) is 1. The first kappa shape index (κ1) is 21.8. The number of hydrogen-bond acceptors (Lipinski definition) is 6. The fourth-order valence-electron chi connectivity index (χ4n) is 3.10. The van der Waals surface area contributed by atoms with Crippen LogP contribution in [0.5, 0.6) is 0 Å². The second-order valence-corrected chi connectivity index (χ2v) is 10.2. The number of carbonyl (C=O) groups excluding carboxylic acids is 1. The van der Waals surface area contributed by atoms with Gasteiger partial charge in [0.25, 0.3) is 5.91 Å². The molecule has 4 N–H and O–H groups in total. The van der Waals surface area contributed by atoms with Crippen molar-refractivity contribution in [1.29, 1.82) is 0 Å². The summed E-state index contributed by atoms with van der Waals surface area (Å²) in [6.07, 6.45) is 3.74. The Hall–Kier alpha value is -2.85. The SMILES string of the molecule is CC(CCn1cc2cc(C#CC#C[C@@H]3C[C@H]3CN)ccc2n1)(C(=O)NO)S(C)(=O)=O. The molecule has 1 aromatic heterocycles. The molecule has 0 radical (unpaired) electrons. The third-order valence-corrected chi connectivity index (χ3v) is 7.55. The molecule has 0 saturated heterocycles. The molecule has 8 nitrogen and oxygen atoms in total. The third-order valence-electron chi connectivity index (χ3n) is 5.52. The van der Waals surface area contributed by atoms with Crippen molar-refractivity contribution >= 4 is 26.6 Å². The highest BCUT2D eigenvalue weighted by atomic mass is 32.2. The van der Waals surface area contributed by atoms with Crippen molar-refractivity contribution in [3.05, 3.63) is 30.0 Å². The van der Waals surface area contributed by atoms with Gasteiger partial charge >= 0.3 is 0 Å². The minimum absolute atomic E-state index is 0.0422. The van der Waals surface area contributed by atoms with E-state index in [1.54, 1.807) is 10.9 Å². The fraction of sp³-hybridized carbons (Fsp3) is 0.429. The highest BCUT2D eigenvalue weighted by molar-refractivity contribution is 7.92. The van der Waals surface area contributed by atoms with Crippen molar-refractivity contribution < 1.29 is 18.4 Å². The normalized spacial score (nSPS) is 19.7. The smallest absolute Gasteiger partial charge is 0.264 e. The van der Waals surface area contributed by atoms with Crippen molar-refractivity contribution in [2.75, 3.05) is 12.8 Å². The van der Waals surface area contributed by atoms with Gasteiger partial charge < -0.3 is 5.73 Å². The summed E-state index contributed by atoms with van der Waals surface area (Å²) >= 11 is 0. The van der Waals surface area contributed by atoms with Crippen LogP contribution in [0.4, 0.5) is 0 Å². The van der Waals surface area contributed by atoms with Gasteiger partial charge in [0.15, 0.2) is 14.6 Å². The number of hydrogen-bond donors (Lipinski definition) is 3. The van der Waals surface area contributed by atoms with Crippen LogP contribution in [-0.4, -0.2) is 46.9 Å². The Labute approximate surface area is 175 Å². The molecule has 1 unspecified atom stereocenters. The van der Waals surface area contributed by atoms with Crippen LogP contribution in [-0.2, 0) is 21.2 Å². The van der Waals surface area contributed by atoms with Crippen LogP contribution in [0.3, 0.4) is 0 Å². The van der Waals surface area contributed by atoms with Gasteiger partial charge in [0.1, 0.15) is 0 Å². The number of sulfone groups is 1. The Balaban J connectivity index is 1.72. The van der Waals surface area contributed by atoms with Gasteiger partial charge in [-0.25, -0.2) is 13.9 Å². The Morgan fingerprint density at radius 3 is 2.83 bits per heavy atom. The summed E-state index contributed by atoms with van der Waals surface area (Å²) in [6, 6.07) is 5.54. The van der Waals surface area contributed by atoms with E-state index in [0.717, 1.165) is 29.1 Å². The van der Waals surface area contributed by atoms with Crippen molar-refractivity contribution in [2.24, 2.45) is 17.6 Å². The molecule has 0 spiro atoms. The summed E-state index contributed by atoms with van der Waals surface area (Å²) in [5, 5.41) is 14.2. The van der Waals surface area contributed by atoms with E-state index >= 15 is 0 Å². The van der Waals surface area contributed by atoms with Crippen molar-refractivity contribution in [3.8, 4) is 23.7 Å². The van der Waals surface area contributed by atoms with Gasteiger partial charge in [0.05, 0.1) is 5.52 Å². The molecule has 1 saturated carbocycles. The lowest BCUT2D eigenvalue weighted by molar-refractivity contribution is -0.131. The standard InChI is InChI=1S/C21H24N4O4S/c1-21(20(26)24-27,30(2,28)29)9-10-25-14-18-11-15(7-8-19(18)23-25)5-3-4-6-16-12-17(16)13-22/h7-8,11,14,16-17,27H,9-10,12-13,22H2,1-2H3,(H,24,26)/t16-,17+,21?/m1/s1. The minimum atomic E-state index is -3.75. The molecule has 1 aromatic carbocycles. The largest absolute Gasteiger partial charge is 0.330 e. The minimum Gasteiger partial charge on any atom is -0.330 e. The third kappa shape index (κ3) is 4.65. The topological polar surface area (TPSA) is 127 Å². The highest BCUT2D eigenvalue weighted by Gasteiger charge is 2.43. The van der Waals surface area contributed by atoms with E-state index in [9.17, 15) is 13.2 Å². The van der Waals surface area contributed by atoms with Crippen LogP contribution < -0.4 is 11.2 Å². The average molecular weight is 429 g/mol. The molecule has 1 aliphatic rings. The Morgan fingerprint density at radius 1 is 1.43 bits per heavy atom. The van der Waals surface area contributed by atoms with Gasteiger partial charge in [-0.3, -0.25) is 14.7 Å². The summed E-state index contributed by atoms with van der Waals surface area (Å²) in [5.41, 5.74) is 8.55. The molecule has 9 heteroatoms. The fourth-order valence-corrected chi connectivity index (χ4v) is 3.94. The predicted molar refractivity (Wildman–Crippen MR) is 113 cm³/mol. The lowest BCUT2D eigenvalue weighted by atomic mass is 10.1. The van der Waals surface area contributed by atoms with Crippen LogP contribution in [0.2, 0.25) is 0 Å². The molecular weight excluding hydrogens is 404 g/mol. The van der Waals surface area contributed by atoms with E-state index in [2.05, 4.69) is 28.8 Å². The first-order valence-corrected chi connectivity index (χ1v) is 11.4. The maximum Gasteiger partial charge on any atom is 0.264 e. The van der Waals surface area contributed by atoms with Crippen LogP contribution in [0.25, 0.3) is 10.9 Å². The molecule has 158 valence electrons. The lowest BCUT2D eigenvalue weighted by Gasteiger charge is -2.24. The Bertz CT molecular complexity index is 1200. The number of nitrogens with zero attached hydrogens (tertiary/aromatic N) is 2. The first-order chi connectivity index (χ1) is 14.2. The van der Waals surface area contributed by atoms with E-state index in [1.165, 1.54) is 12.4 Å². The first-order valence-electron chi connectivity index (χ1n) is 9.51. The number of amides is 1. The molecule has 1 heterocycles. The van der Waals surface area contributed by atoms with E-state index in [-0.39, 0.29) is 13.0 Å². The number of nitrogens with one attached hydrogen (secondary N) is 1. The highest BCUT2D eigenvalue weighted by Crippen LogP contribution is 2.36. The van der Waals surface area contributed by atoms with E-state index in [4.69, 9.17) is 10.9 Å². The molecule has 0 bridgehead atoms. The van der Waals surface area contributed by atoms with Gasteiger partial charge in [-0.15, -0.1) is 0 Å². The Kier molecular flexibility index (Phi) is 6.18. The summed E-state index contributed by atoms with van der Waals surface area (Å²) in [4.78, 5) is 11.9. The summed E-state index contributed by atoms with van der Waals surface area (Å²) in [6.45, 7) is 2.13. The van der Waals surface area contributed by atoms with Crippen LogP contribution >= 0.6 is 0 Å². The van der Waals surface area contributed by atoms with E-state index < -0.39 is 20.5 Å². The zero-order valence-corrected chi connectivity index (χ0v) is 17.7. The van der Waals surface area contributed by atoms with Gasteiger partial charge in [0.2, 0.25) is 0 Å². The number of benzene rings is 1. The maximum atomic E-state index is 12.1. The summed E-state index contributed by atoms with van der Waals surface area (Å²) < 4.78 is 23.9. The zero-order valence-electron chi connectivity index (χ0n) is 16.8. The summed E-state index contributed by atoms with van der Waals surface area (Å²) in [5.74, 6) is 11.8. The average Bonchev–Trinajstić information content (AvgIpc) is 3.35. The molecule has 30 heavy (non-hydrogen) atoms. The van der Waals surface area contributed by atoms with E-state index in [0.29, 0.717) is 18.4 Å². The van der Waals surface area contributed by atoms with Gasteiger partial charge in [-0.1, -0.05) is 11.8 Å². The number of aryl methyl sites for hydroxylation is 1. The monoisotopic (exact) mass is 428 g/mol. The molecule has 3 atom stereocenters. The second-order valence-electron chi connectivity index (χ2n) is 7.72. The molecular formula is C21H24N4O4S. The number of aromatic nitrogens is 2. The van der Waals surface area contributed by atoms with Crippen molar-refractivity contribution in [1.82, 2.24) is 15.3 Å². The molecule has 1 aliphatic carbocycles. The molecule has 1 fully saturated rings. The number of fused-ring (bicyclic) bond motifs is 1. The van der Waals surface area contributed by atoms with Gasteiger partial charge in [-0.05, 0) is 62.3 Å². The van der Waals surface area contributed by atoms with Crippen molar-refractivity contribution in [2.45, 2.75) is 31.1 Å². The lowest BCUT2D eigenvalue weighted by Crippen LogP contribution is -2.49. The molecule has 1 amide bonds. The molecule has 3 rings (SSSR count). The van der Waals surface area contributed by atoms with Gasteiger partial charge in [-0.2, -0.15) is 5.10 Å². The molecule has 2 aromatic rings. The summed E-state index contributed by atoms with van der Waals surface area (Å²) in [7, 11) is -3.75. The van der Waals surface area contributed by atoms with Crippen LogP contribution in [0, 0.1) is 35.5 Å². The zero-order chi connectivity index (χ0) is 21.9. The predicted octanol–water partition coefficient (Wildman–Crippen LogP) is 0.685. The van der Waals surface area contributed by atoms with Crippen LogP contribution in [0.1, 0.15) is 25.3 Å². The number of hydroxylamine groups is 1.